The Labute approximate surface area is 155 Å². The fraction of sp³-hybridized carbons (Fsp3) is 0.381. The predicted molar refractivity (Wildman–Crippen MR) is 104 cm³/mol. The summed E-state index contributed by atoms with van der Waals surface area (Å²) in [6, 6.07) is 18.2. The van der Waals surface area contributed by atoms with E-state index < -0.39 is 0 Å². The van der Waals surface area contributed by atoms with Gasteiger partial charge < -0.3 is 15.0 Å². The molecule has 5 heteroatoms. The van der Waals surface area contributed by atoms with Crippen molar-refractivity contribution in [1.29, 1.82) is 0 Å². The number of benzene rings is 2. The lowest BCUT2D eigenvalue weighted by molar-refractivity contribution is 0.134. The zero-order chi connectivity index (χ0) is 18.2. The standard InChI is InChI=1S/C21H27N3O2/c1-2-26-17-19-10-6-7-11-20(19)22-21(25)24-14-12-23(13-15-24)16-18-8-4-3-5-9-18/h3-11H,2,12-17H2,1H3,(H,22,25). The number of ether oxygens (including phenoxy) is 1. The lowest BCUT2D eigenvalue weighted by Crippen LogP contribution is -2.49. The molecule has 1 N–H and O–H groups in total. The van der Waals surface area contributed by atoms with Gasteiger partial charge in [0.2, 0.25) is 0 Å². The summed E-state index contributed by atoms with van der Waals surface area (Å²) in [6.07, 6.45) is 0. The quantitative estimate of drug-likeness (QED) is 0.863. The number of nitrogens with zero attached hydrogens (tertiary/aromatic N) is 2. The number of carbonyl (C=O) groups excluding carboxylic acids is 1. The summed E-state index contributed by atoms with van der Waals surface area (Å²) in [4.78, 5) is 16.9. The molecule has 0 atom stereocenters. The molecule has 0 radical (unpaired) electrons. The number of nitrogens with one attached hydrogen (secondary N) is 1. The Morgan fingerprint density at radius 3 is 2.42 bits per heavy atom. The first kappa shape index (κ1) is 18.4. The van der Waals surface area contributed by atoms with E-state index in [0.29, 0.717) is 13.2 Å². The largest absolute Gasteiger partial charge is 0.377 e. The molecule has 3 rings (SSSR count). The van der Waals surface area contributed by atoms with Crippen LogP contribution in [0, 0.1) is 0 Å². The Balaban J connectivity index is 1.51. The molecule has 1 heterocycles. The minimum Gasteiger partial charge on any atom is -0.377 e. The van der Waals surface area contributed by atoms with Gasteiger partial charge in [-0.15, -0.1) is 0 Å². The second kappa shape index (κ2) is 9.36. The van der Waals surface area contributed by atoms with Gasteiger partial charge in [-0.3, -0.25) is 4.90 Å². The Hall–Kier alpha value is -2.37. The van der Waals surface area contributed by atoms with E-state index in [1.807, 2.05) is 42.2 Å². The monoisotopic (exact) mass is 353 g/mol. The number of anilines is 1. The normalized spacial score (nSPS) is 15.0. The highest BCUT2D eigenvalue weighted by Gasteiger charge is 2.21. The highest BCUT2D eigenvalue weighted by atomic mass is 16.5. The maximum atomic E-state index is 12.6. The molecule has 138 valence electrons. The number of carbonyl (C=O) groups is 1. The molecule has 0 aromatic heterocycles. The average Bonchev–Trinajstić information content (AvgIpc) is 2.68. The summed E-state index contributed by atoms with van der Waals surface area (Å²) < 4.78 is 5.49. The first-order valence-electron chi connectivity index (χ1n) is 9.24. The van der Waals surface area contributed by atoms with Crippen LogP contribution in [0.15, 0.2) is 54.6 Å². The van der Waals surface area contributed by atoms with E-state index in [0.717, 1.165) is 44.0 Å². The number of urea groups is 1. The molecule has 1 aliphatic rings. The lowest BCUT2D eigenvalue weighted by atomic mass is 10.2. The summed E-state index contributed by atoms with van der Waals surface area (Å²) in [6.45, 7) is 7.34. The summed E-state index contributed by atoms with van der Waals surface area (Å²) in [5.41, 5.74) is 3.15. The molecule has 5 nitrogen and oxygen atoms in total. The van der Waals surface area contributed by atoms with Crippen LogP contribution in [0.5, 0.6) is 0 Å². The second-order valence-electron chi connectivity index (χ2n) is 6.47. The van der Waals surface area contributed by atoms with Crippen LogP contribution in [0.3, 0.4) is 0 Å². The van der Waals surface area contributed by atoms with E-state index >= 15 is 0 Å². The van der Waals surface area contributed by atoms with E-state index in [2.05, 4.69) is 34.5 Å². The van der Waals surface area contributed by atoms with Gasteiger partial charge in [-0.1, -0.05) is 48.5 Å². The first-order chi connectivity index (χ1) is 12.8. The number of para-hydroxylation sites is 1. The fourth-order valence-electron chi connectivity index (χ4n) is 3.13. The number of hydrogen-bond donors (Lipinski definition) is 1. The molecule has 0 spiro atoms. The Kier molecular flexibility index (Phi) is 6.63. The maximum absolute atomic E-state index is 12.6. The minimum atomic E-state index is -0.0340. The molecule has 26 heavy (non-hydrogen) atoms. The van der Waals surface area contributed by atoms with Gasteiger partial charge in [0.1, 0.15) is 0 Å². The summed E-state index contributed by atoms with van der Waals surface area (Å²) in [5.74, 6) is 0. The molecule has 1 fully saturated rings. The van der Waals surface area contributed by atoms with Gasteiger partial charge in [-0.25, -0.2) is 4.79 Å². The number of rotatable bonds is 6. The molecule has 0 bridgehead atoms. The lowest BCUT2D eigenvalue weighted by Gasteiger charge is -2.34. The zero-order valence-corrected chi connectivity index (χ0v) is 15.4. The molecular formula is C21H27N3O2. The highest BCUT2D eigenvalue weighted by molar-refractivity contribution is 5.90. The topological polar surface area (TPSA) is 44.8 Å². The summed E-state index contributed by atoms with van der Waals surface area (Å²) >= 11 is 0. The van der Waals surface area contributed by atoms with E-state index in [4.69, 9.17) is 4.74 Å². The average molecular weight is 353 g/mol. The number of amides is 2. The maximum Gasteiger partial charge on any atom is 0.321 e. The van der Waals surface area contributed by atoms with Gasteiger partial charge in [0.15, 0.2) is 0 Å². The van der Waals surface area contributed by atoms with E-state index in [9.17, 15) is 4.79 Å². The van der Waals surface area contributed by atoms with E-state index in [-0.39, 0.29) is 6.03 Å². The second-order valence-corrected chi connectivity index (χ2v) is 6.47. The zero-order valence-electron chi connectivity index (χ0n) is 15.4. The van der Waals surface area contributed by atoms with Crippen LogP contribution < -0.4 is 5.32 Å². The van der Waals surface area contributed by atoms with Crippen LogP contribution >= 0.6 is 0 Å². The molecule has 1 aliphatic heterocycles. The fourth-order valence-corrected chi connectivity index (χ4v) is 3.13. The third-order valence-electron chi connectivity index (χ3n) is 4.63. The van der Waals surface area contributed by atoms with E-state index in [1.54, 1.807) is 0 Å². The van der Waals surface area contributed by atoms with Gasteiger partial charge in [0.05, 0.1) is 6.61 Å². The Bertz CT molecular complexity index is 697. The van der Waals surface area contributed by atoms with Crippen molar-refractivity contribution < 1.29 is 9.53 Å². The van der Waals surface area contributed by atoms with Gasteiger partial charge in [0.25, 0.3) is 0 Å². The number of piperazine rings is 1. The minimum absolute atomic E-state index is 0.0340. The van der Waals surface area contributed by atoms with Crippen LogP contribution in [0.25, 0.3) is 0 Å². The van der Waals surface area contributed by atoms with Crippen LogP contribution in [0.2, 0.25) is 0 Å². The van der Waals surface area contributed by atoms with E-state index in [1.165, 1.54) is 5.56 Å². The molecule has 0 aliphatic carbocycles. The molecule has 0 unspecified atom stereocenters. The third-order valence-corrected chi connectivity index (χ3v) is 4.63. The summed E-state index contributed by atoms with van der Waals surface area (Å²) in [7, 11) is 0. The SMILES string of the molecule is CCOCc1ccccc1NC(=O)N1CCN(Cc2ccccc2)CC1. The molecule has 2 aromatic carbocycles. The molecule has 2 amide bonds. The van der Waals surface area contributed by atoms with Crippen molar-refractivity contribution in [2.45, 2.75) is 20.1 Å². The van der Waals surface area contributed by atoms with Crippen LogP contribution in [-0.2, 0) is 17.9 Å². The molecule has 2 aromatic rings. The van der Waals surface area contributed by atoms with Gasteiger partial charge >= 0.3 is 6.03 Å². The van der Waals surface area contributed by atoms with Crippen LogP contribution in [0.1, 0.15) is 18.1 Å². The molecular weight excluding hydrogens is 326 g/mol. The van der Waals surface area contributed by atoms with Crippen molar-refractivity contribution in [2.75, 3.05) is 38.1 Å². The van der Waals surface area contributed by atoms with Gasteiger partial charge in [0, 0.05) is 50.6 Å². The Morgan fingerprint density at radius 2 is 1.69 bits per heavy atom. The number of hydrogen-bond acceptors (Lipinski definition) is 3. The molecule has 0 saturated carbocycles. The van der Waals surface area contributed by atoms with Crippen molar-refractivity contribution in [1.82, 2.24) is 9.80 Å². The van der Waals surface area contributed by atoms with Gasteiger partial charge in [-0.2, -0.15) is 0 Å². The smallest absolute Gasteiger partial charge is 0.321 e. The third kappa shape index (κ3) is 5.07. The van der Waals surface area contributed by atoms with Crippen molar-refractivity contribution in [2.24, 2.45) is 0 Å². The van der Waals surface area contributed by atoms with Gasteiger partial charge in [-0.05, 0) is 18.6 Å². The van der Waals surface area contributed by atoms with Crippen molar-refractivity contribution in [3.63, 3.8) is 0 Å². The first-order valence-corrected chi connectivity index (χ1v) is 9.24. The predicted octanol–water partition coefficient (Wildman–Crippen LogP) is 3.57. The van der Waals surface area contributed by atoms with Crippen LogP contribution in [0.4, 0.5) is 10.5 Å². The Morgan fingerprint density at radius 1 is 1.00 bits per heavy atom. The van der Waals surface area contributed by atoms with Crippen molar-refractivity contribution in [3.8, 4) is 0 Å². The summed E-state index contributed by atoms with van der Waals surface area (Å²) in [5, 5.41) is 3.04. The van der Waals surface area contributed by atoms with Crippen LogP contribution in [-0.4, -0.2) is 48.6 Å². The van der Waals surface area contributed by atoms with Crippen molar-refractivity contribution in [3.05, 3.63) is 65.7 Å². The van der Waals surface area contributed by atoms with Crippen molar-refractivity contribution >= 4 is 11.7 Å². The highest BCUT2D eigenvalue weighted by Crippen LogP contribution is 2.17. The molecule has 1 saturated heterocycles.